The number of hydrogen-bond donors (Lipinski definition) is 3. The van der Waals surface area contributed by atoms with Crippen molar-refractivity contribution in [3.8, 4) is 0 Å². The number of aromatic amines is 1. The molecular formula is C11H18N4O. The van der Waals surface area contributed by atoms with Crippen molar-refractivity contribution < 1.29 is 0 Å². The van der Waals surface area contributed by atoms with Crippen molar-refractivity contribution in [1.82, 2.24) is 9.97 Å². The molecule has 16 heavy (non-hydrogen) atoms. The van der Waals surface area contributed by atoms with E-state index in [0.29, 0.717) is 18.3 Å². The van der Waals surface area contributed by atoms with Crippen molar-refractivity contribution in [1.29, 1.82) is 0 Å². The fraction of sp³-hybridized carbons (Fsp3) is 0.636. The highest BCUT2D eigenvalue weighted by Crippen LogP contribution is 2.37. The standard InChI is InChI=1S/C11H18N4O/c1-11(2,6-12)15-8-5-9(16)14-10(13-8)7-3-4-7/h5,7H,3-4,6,12H2,1-2H3,(H2,13,14,15,16). The zero-order valence-electron chi connectivity index (χ0n) is 9.71. The molecule has 1 aliphatic carbocycles. The van der Waals surface area contributed by atoms with Crippen LogP contribution in [0.1, 0.15) is 38.4 Å². The zero-order chi connectivity index (χ0) is 11.8. The minimum atomic E-state index is -0.248. The predicted octanol–water partition coefficient (Wildman–Crippen LogP) is 0.796. The number of anilines is 1. The molecule has 0 aromatic carbocycles. The van der Waals surface area contributed by atoms with Gasteiger partial charge in [-0.25, -0.2) is 4.98 Å². The van der Waals surface area contributed by atoms with Crippen LogP contribution in [0, 0.1) is 0 Å². The Morgan fingerprint density at radius 3 is 2.88 bits per heavy atom. The van der Waals surface area contributed by atoms with Crippen molar-refractivity contribution in [2.75, 3.05) is 11.9 Å². The van der Waals surface area contributed by atoms with Crippen LogP contribution in [0.15, 0.2) is 10.9 Å². The van der Waals surface area contributed by atoms with E-state index in [4.69, 9.17) is 5.73 Å². The molecule has 1 aromatic rings. The summed E-state index contributed by atoms with van der Waals surface area (Å²) in [5.74, 6) is 1.85. The smallest absolute Gasteiger partial charge is 0.252 e. The van der Waals surface area contributed by atoms with E-state index in [2.05, 4.69) is 15.3 Å². The Balaban J connectivity index is 2.23. The fourth-order valence-electron chi connectivity index (χ4n) is 1.49. The number of H-pyrrole nitrogens is 1. The minimum Gasteiger partial charge on any atom is -0.364 e. The van der Waals surface area contributed by atoms with E-state index in [9.17, 15) is 4.79 Å². The highest BCUT2D eigenvalue weighted by atomic mass is 16.1. The van der Waals surface area contributed by atoms with E-state index >= 15 is 0 Å². The number of rotatable bonds is 4. The van der Waals surface area contributed by atoms with Crippen LogP contribution in [0.25, 0.3) is 0 Å². The summed E-state index contributed by atoms with van der Waals surface area (Å²) >= 11 is 0. The number of nitrogens with zero attached hydrogens (tertiary/aromatic N) is 1. The van der Waals surface area contributed by atoms with Gasteiger partial charge in [-0.15, -0.1) is 0 Å². The lowest BCUT2D eigenvalue weighted by Gasteiger charge is -2.24. The molecule has 0 atom stereocenters. The molecule has 0 saturated heterocycles. The quantitative estimate of drug-likeness (QED) is 0.703. The average Bonchev–Trinajstić information content (AvgIpc) is 2.99. The average molecular weight is 222 g/mol. The second kappa shape index (κ2) is 3.90. The monoisotopic (exact) mass is 222 g/mol. The van der Waals surface area contributed by atoms with Gasteiger partial charge in [-0.3, -0.25) is 4.79 Å². The molecule has 0 aliphatic heterocycles. The summed E-state index contributed by atoms with van der Waals surface area (Å²) in [6.07, 6.45) is 2.24. The molecule has 0 radical (unpaired) electrons. The number of hydrogen-bond acceptors (Lipinski definition) is 4. The lowest BCUT2D eigenvalue weighted by Crippen LogP contribution is -2.39. The summed E-state index contributed by atoms with van der Waals surface area (Å²) in [4.78, 5) is 18.6. The maximum absolute atomic E-state index is 11.5. The molecule has 5 nitrogen and oxygen atoms in total. The summed E-state index contributed by atoms with van der Waals surface area (Å²) < 4.78 is 0. The molecule has 1 fully saturated rings. The summed E-state index contributed by atoms with van der Waals surface area (Å²) in [6.45, 7) is 4.44. The molecule has 0 spiro atoms. The van der Waals surface area contributed by atoms with Gasteiger partial charge in [-0.2, -0.15) is 0 Å². The van der Waals surface area contributed by atoms with E-state index in [-0.39, 0.29) is 11.1 Å². The van der Waals surface area contributed by atoms with Crippen LogP contribution in [-0.4, -0.2) is 22.1 Å². The third-order valence-corrected chi connectivity index (χ3v) is 2.70. The Morgan fingerprint density at radius 2 is 2.31 bits per heavy atom. The minimum absolute atomic E-state index is 0.104. The maximum Gasteiger partial charge on any atom is 0.252 e. The Kier molecular flexibility index (Phi) is 2.71. The lowest BCUT2D eigenvalue weighted by atomic mass is 10.1. The van der Waals surface area contributed by atoms with Crippen LogP contribution < -0.4 is 16.6 Å². The molecule has 0 unspecified atom stereocenters. The van der Waals surface area contributed by atoms with E-state index in [0.717, 1.165) is 18.7 Å². The highest BCUT2D eigenvalue weighted by Gasteiger charge is 2.27. The van der Waals surface area contributed by atoms with E-state index in [1.807, 2.05) is 13.8 Å². The first-order chi connectivity index (χ1) is 7.50. The zero-order valence-corrected chi connectivity index (χ0v) is 9.71. The predicted molar refractivity (Wildman–Crippen MR) is 63.6 cm³/mol. The van der Waals surface area contributed by atoms with Crippen molar-refractivity contribution in [2.24, 2.45) is 5.73 Å². The maximum atomic E-state index is 11.5. The topological polar surface area (TPSA) is 83.8 Å². The Hall–Kier alpha value is -1.36. The largest absolute Gasteiger partial charge is 0.364 e. The molecule has 1 heterocycles. The first-order valence-electron chi connectivity index (χ1n) is 5.60. The third kappa shape index (κ3) is 2.61. The van der Waals surface area contributed by atoms with E-state index < -0.39 is 0 Å². The van der Waals surface area contributed by atoms with E-state index in [1.165, 1.54) is 6.07 Å². The van der Waals surface area contributed by atoms with Gasteiger partial charge in [0.05, 0.1) is 0 Å². The van der Waals surface area contributed by atoms with Gasteiger partial charge in [0.2, 0.25) is 0 Å². The summed E-state index contributed by atoms with van der Waals surface area (Å²) in [7, 11) is 0. The number of aromatic nitrogens is 2. The van der Waals surface area contributed by atoms with Crippen molar-refractivity contribution in [2.45, 2.75) is 38.1 Å². The molecule has 0 bridgehead atoms. The molecular weight excluding hydrogens is 204 g/mol. The van der Waals surface area contributed by atoms with Crippen LogP contribution >= 0.6 is 0 Å². The van der Waals surface area contributed by atoms with Gasteiger partial charge in [-0.05, 0) is 26.7 Å². The molecule has 5 heteroatoms. The van der Waals surface area contributed by atoms with Gasteiger partial charge in [0, 0.05) is 24.1 Å². The van der Waals surface area contributed by atoms with Gasteiger partial charge >= 0.3 is 0 Å². The third-order valence-electron chi connectivity index (χ3n) is 2.70. The van der Waals surface area contributed by atoms with Gasteiger partial charge in [-0.1, -0.05) is 0 Å². The summed E-state index contributed by atoms with van der Waals surface area (Å²) in [5, 5.41) is 3.18. The summed E-state index contributed by atoms with van der Waals surface area (Å²) in [6, 6.07) is 1.48. The van der Waals surface area contributed by atoms with Crippen molar-refractivity contribution in [3.05, 3.63) is 22.2 Å². The Morgan fingerprint density at radius 1 is 1.62 bits per heavy atom. The summed E-state index contributed by atoms with van der Waals surface area (Å²) in [5.41, 5.74) is 5.27. The molecule has 1 saturated carbocycles. The SMILES string of the molecule is CC(C)(CN)Nc1cc(=O)[nH]c(C2CC2)n1. The van der Waals surface area contributed by atoms with E-state index in [1.54, 1.807) is 0 Å². The molecule has 1 aliphatic rings. The van der Waals surface area contributed by atoms with Crippen LogP contribution in [0.2, 0.25) is 0 Å². The lowest BCUT2D eigenvalue weighted by molar-refractivity contribution is 0.576. The first-order valence-corrected chi connectivity index (χ1v) is 5.60. The van der Waals surface area contributed by atoms with Crippen molar-refractivity contribution in [3.63, 3.8) is 0 Å². The fourth-order valence-corrected chi connectivity index (χ4v) is 1.49. The highest BCUT2D eigenvalue weighted by molar-refractivity contribution is 5.37. The first kappa shape index (κ1) is 11.1. The van der Waals surface area contributed by atoms with Gasteiger partial charge in [0.25, 0.3) is 5.56 Å². The second-order valence-corrected chi connectivity index (χ2v) is 5.00. The molecule has 0 amide bonds. The van der Waals surface area contributed by atoms with Crippen molar-refractivity contribution >= 4 is 5.82 Å². The van der Waals surface area contributed by atoms with Gasteiger partial charge < -0.3 is 16.0 Å². The Bertz CT molecular complexity index is 434. The normalized spacial score (nSPS) is 16.2. The molecule has 1 aromatic heterocycles. The molecule has 88 valence electrons. The number of nitrogens with two attached hydrogens (primary N) is 1. The van der Waals surface area contributed by atoms with Gasteiger partial charge in [0.15, 0.2) is 0 Å². The van der Waals surface area contributed by atoms with Gasteiger partial charge in [0.1, 0.15) is 11.6 Å². The molecule has 2 rings (SSSR count). The van der Waals surface area contributed by atoms with Crippen LogP contribution in [0.4, 0.5) is 5.82 Å². The van der Waals surface area contributed by atoms with Crippen LogP contribution in [-0.2, 0) is 0 Å². The Labute approximate surface area is 94.5 Å². The van der Waals surface area contributed by atoms with Crippen LogP contribution in [0.5, 0.6) is 0 Å². The molecule has 4 N–H and O–H groups in total. The van der Waals surface area contributed by atoms with Crippen LogP contribution in [0.3, 0.4) is 0 Å². The number of nitrogens with one attached hydrogen (secondary N) is 2. The second-order valence-electron chi connectivity index (χ2n) is 5.00.